The zero-order valence-corrected chi connectivity index (χ0v) is 13.1. The predicted molar refractivity (Wildman–Crippen MR) is 90.2 cm³/mol. The zero-order chi connectivity index (χ0) is 16.5. The number of fused-ring (bicyclic) bond motifs is 1. The Kier molecular flexibility index (Phi) is 3.73. The van der Waals surface area contributed by atoms with Gasteiger partial charge >= 0.3 is 0 Å². The van der Waals surface area contributed by atoms with Crippen LogP contribution in [0, 0.1) is 5.92 Å². The molecule has 1 saturated carbocycles. The fraction of sp³-hybridized carbons (Fsp3) is 0.375. The third-order valence-corrected chi connectivity index (χ3v) is 4.52. The van der Waals surface area contributed by atoms with Crippen molar-refractivity contribution in [2.45, 2.75) is 31.4 Å². The van der Waals surface area contributed by atoms with Crippen LogP contribution in [0.1, 0.15) is 18.5 Å². The summed E-state index contributed by atoms with van der Waals surface area (Å²) in [4.78, 5) is 12.9. The number of H-pyrrole nitrogens is 1. The Morgan fingerprint density at radius 1 is 1.33 bits per heavy atom. The van der Waals surface area contributed by atoms with E-state index in [1.807, 2.05) is 18.2 Å². The highest BCUT2D eigenvalue weighted by Gasteiger charge is 2.34. The smallest absolute Gasteiger partial charge is 0.224 e. The highest BCUT2D eigenvalue weighted by molar-refractivity contribution is 5.86. The SMILES string of the molecule is Nc1nc(NC(Cc2ccccn2)C2CC(O)C2)c2cn[nH]c2n1. The molecule has 3 aromatic rings. The molecule has 0 radical (unpaired) electrons. The van der Waals surface area contributed by atoms with Crippen molar-refractivity contribution in [1.29, 1.82) is 0 Å². The lowest BCUT2D eigenvalue weighted by atomic mass is 9.76. The molecule has 1 aliphatic rings. The summed E-state index contributed by atoms with van der Waals surface area (Å²) in [5.74, 6) is 1.22. The number of hydrogen-bond donors (Lipinski definition) is 4. The van der Waals surface area contributed by atoms with Crippen LogP contribution in [0.5, 0.6) is 0 Å². The summed E-state index contributed by atoms with van der Waals surface area (Å²) in [6, 6.07) is 5.99. The average Bonchev–Trinajstić information content (AvgIpc) is 3.00. The van der Waals surface area contributed by atoms with Gasteiger partial charge < -0.3 is 16.2 Å². The first-order valence-corrected chi connectivity index (χ1v) is 8.00. The van der Waals surface area contributed by atoms with E-state index < -0.39 is 0 Å². The van der Waals surface area contributed by atoms with Gasteiger partial charge in [0.1, 0.15) is 5.82 Å². The standard InChI is InChI=1S/C16H19N7O/c17-16-21-14(12-8-19-23-15(12)22-16)20-13(9-5-11(24)6-9)7-10-3-1-2-4-18-10/h1-4,8-9,11,13,24H,5-7H2,(H4,17,19,20,21,22,23). The van der Waals surface area contributed by atoms with Gasteiger partial charge in [0.25, 0.3) is 0 Å². The zero-order valence-electron chi connectivity index (χ0n) is 13.1. The van der Waals surface area contributed by atoms with Gasteiger partial charge in [-0.1, -0.05) is 6.07 Å². The van der Waals surface area contributed by atoms with Crippen LogP contribution in [-0.4, -0.2) is 42.4 Å². The van der Waals surface area contributed by atoms with Crippen LogP contribution in [0.2, 0.25) is 0 Å². The van der Waals surface area contributed by atoms with Crippen LogP contribution in [-0.2, 0) is 6.42 Å². The Morgan fingerprint density at radius 3 is 2.96 bits per heavy atom. The highest BCUT2D eigenvalue weighted by atomic mass is 16.3. The summed E-state index contributed by atoms with van der Waals surface area (Å²) in [6.07, 6.45) is 5.57. The van der Waals surface area contributed by atoms with Gasteiger partial charge in [0.05, 0.1) is 17.7 Å². The van der Waals surface area contributed by atoms with Gasteiger partial charge in [-0.3, -0.25) is 10.1 Å². The molecule has 24 heavy (non-hydrogen) atoms. The maximum atomic E-state index is 9.68. The number of aromatic amines is 1. The number of aromatic nitrogens is 5. The molecule has 0 aromatic carbocycles. The Hall–Kier alpha value is -2.74. The van der Waals surface area contributed by atoms with Gasteiger partial charge in [-0.05, 0) is 30.9 Å². The summed E-state index contributed by atoms with van der Waals surface area (Å²) >= 11 is 0. The minimum Gasteiger partial charge on any atom is -0.393 e. The molecule has 5 N–H and O–H groups in total. The maximum absolute atomic E-state index is 9.68. The number of nitrogens with zero attached hydrogens (tertiary/aromatic N) is 4. The number of nitrogen functional groups attached to an aromatic ring is 1. The second-order valence-electron chi connectivity index (χ2n) is 6.22. The summed E-state index contributed by atoms with van der Waals surface area (Å²) in [5.41, 5.74) is 7.40. The second kappa shape index (κ2) is 6.04. The first kappa shape index (κ1) is 14.8. The second-order valence-corrected chi connectivity index (χ2v) is 6.22. The van der Waals surface area contributed by atoms with Crippen molar-refractivity contribution < 1.29 is 5.11 Å². The van der Waals surface area contributed by atoms with Crippen LogP contribution < -0.4 is 11.1 Å². The number of nitrogens with one attached hydrogen (secondary N) is 2. The fourth-order valence-electron chi connectivity index (χ4n) is 3.18. The molecule has 0 bridgehead atoms. The number of hydrogen-bond acceptors (Lipinski definition) is 7. The van der Waals surface area contributed by atoms with Crippen LogP contribution in [0.25, 0.3) is 11.0 Å². The average molecular weight is 325 g/mol. The summed E-state index contributed by atoms with van der Waals surface area (Å²) in [6.45, 7) is 0. The minimum atomic E-state index is -0.215. The van der Waals surface area contributed by atoms with Crippen molar-refractivity contribution in [3.63, 3.8) is 0 Å². The van der Waals surface area contributed by atoms with E-state index in [4.69, 9.17) is 5.73 Å². The summed E-state index contributed by atoms with van der Waals surface area (Å²) in [5, 5.41) is 20.8. The number of nitrogens with two attached hydrogens (primary N) is 1. The normalized spacial score (nSPS) is 21.4. The third kappa shape index (κ3) is 2.88. The molecule has 3 aromatic heterocycles. The van der Waals surface area contributed by atoms with Gasteiger partial charge in [-0.25, -0.2) is 0 Å². The molecule has 124 valence electrons. The molecule has 8 heteroatoms. The summed E-state index contributed by atoms with van der Waals surface area (Å²) in [7, 11) is 0. The lowest BCUT2D eigenvalue weighted by molar-refractivity contribution is 0.0341. The molecule has 0 aliphatic heterocycles. The molecule has 1 atom stereocenters. The van der Waals surface area contributed by atoms with E-state index in [0.717, 1.165) is 30.3 Å². The molecular formula is C16H19N7O. The van der Waals surface area contributed by atoms with Crippen molar-refractivity contribution in [1.82, 2.24) is 25.1 Å². The van der Waals surface area contributed by atoms with Gasteiger partial charge in [-0.2, -0.15) is 15.1 Å². The molecule has 1 unspecified atom stereocenters. The van der Waals surface area contributed by atoms with E-state index in [0.29, 0.717) is 17.4 Å². The number of pyridine rings is 1. The third-order valence-electron chi connectivity index (χ3n) is 4.52. The molecule has 0 amide bonds. The lowest BCUT2D eigenvalue weighted by Crippen LogP contribution is -2.42. The van der Waals surface area contributed by atoms with E-state index in [1.165, 1.54) is 0 Å². The number of anilines is 2. The van der Waals surface area contributed by atoms with Crippen molar-refractivity contribution in [3.05, 3.63) is 36.3 Å². The van der Waals surface area contributed by atoms with E-state index in [1.54, 1.807) is 12.4 Å². The van der Waals surface area contributed by atoms with Crippen LogP contribution in [0.3, 0.4) is 0 Å². The molecule has 4 rings (SSSR count). The van der Waals surface area contributed by atoms with Gasteiger partial charge in [-0.15, -0.1) is 0 Å². The molecule has 1 aliphatic carbocycles. The maximum Gasteiger partial charge on any atom is 0.224 e. The van der Waals surface area contributed by atoms with Gasteiger partial charge in [0.2, 0.25) is 5.95 Å². The van der Waals surface area contributed by atoms with E-state index in [-0.39, 0.29) is 18.1 Å². The van der Waals surface area contributed by atoms with Gasteiger partial charge in [0, 0.05) is 24.4 Å². The fourth-order valence-corrected chi connectivity index (χ4v) is 3.18. The molecule has 0 saturated heterocycles. The largest absolute Gasteiger partial charge is 0.393 e. The Morgan fingerprint density at radius 2 is 2.21 bits per heavy atom. The Labute approximate surface area is 138 Å². The Bertz CT molecular complexity index is 829. The number of aliphatic hydroxyl groups excluding tert-OH is 1. The first-order chi connectivity index (χ1) is 11.7. The number of rotatable bonds is 5. The molecular weight excluding hydrogens is 306 g/mol. The molecule has 3 heterocycles. The highest BCUT2D eigenvalue weighted by Crippen LogP contribution is 2.34. The lowest BCUT2D eigenvalue weighted by Gasteiger charge is -2.38. The minimum absolute atomic E-state index is 0.107. The Balaban J connectivity index is 1.62. The molecule has 1 fully saturated rings. The monoisotopic (exact) mass is 325 g/mol. The van der Waals surface area contributed by atoms with Crippen LogP contribution >= 0.6 is 0 Å². The van der Waals surface area contributed by atoms with E-state index in [2.05, 4.69) is 30.5 Å². The topological polar surface area (TPSA) is 126 Å². The van der Waals surface area contributed by atoms with E-state index >= 15 is 0 Å². The molecule has 8 nitrogen and oxygen atoms in total. The van der Waals surface area contributed by atoms with E-state index in [9.17, 15) is 5.11 Å². The van der Waals surface area contributed by atoms with Crippen molar-refractivity contribution in [3.8, 4) is 0 Å². The quantitative estimate of drug-likeness (QED) is 0.554. The van der Waals surface area contributed by atoms with Crippen molar-refractivity contribution in [2.75, 3.05) is 11.1 Å². The summed E-state index contributed by atoms with van der Waals surface area (Å²) < 4.78 is 0. The first-order valence-electron chi connectivity index (χ1n) is 8.00. The van der Waals surface area contributed by atoms with Gasteiger partial charge in [0.15, 0.2) is 5.65 Å². The van der Waals surface area contributed by atoms with Crippen molar-refractivity contribution >= 4 is 22.8 Å². The number of aliphatic hydroxyl groups is 1. The van der Waals surface area contributed by atoms with Crippen LogP contribution in [0.15, 0.2) is 30.6 Å². The van der Waals surface area contributed by atoms with Crippen LogP contribution in [0.4, 0.5) is 11.8 Å². The van der Waals surface area contributed by atoms with Crippen molar-refractivity contribution in [2.24, 2.45) is 5.92 Å². The molecule has 0 spiro atoms. The predicted octanol–water partition coefficient (Wildman–Crippen LogP) is 1.12.